The monoisotopic (exact) mass is 496 g/mol. The van der Waals surface area contributed by atoms with Crippen molar-refractivity contribution in [2.24, 2.45) is 0 Å². The molecule has 0 fully saturated rings. The SMILES string of the molecule is CCCCCCCCOP(=O)(OCCCCCCCC)OP(C)(CCC)(CCC)CCC. The Labute approximate surface area is 202 Å². The number of phosphoric ester groups is 1. The Hall–Kier alpha value is 0.540. The van der Waals surface area contributed by atoms with Crippen LogP contribution in [0.15, 0.2) is 0 Å². The van der Waals surface area contributed by atoms with Crippen LogP contribution in [0, 0.1) is 0 Å². The van der Waals surface area contributed by atoms with Crippen LogP contribution in [0.4, 0.5) is 0 Å². The van der Waals surface area contributed by atoms with Gasteiger partial charge in [-0.2, -0.15) is 0 Å². The van der Waals surface area contributed by atoms with Crippen LogP contribution in [0.3, 0.4) is 0 Å². The van der Waals surface area contributed by atoms with E-state index in [0.717, 1.165) is 63.4 Å². The van der Waals surface area contributed by atoms with E-state index in [1.54, 1.807) is 0 Å². The topological polar surface area (TPSA) is 44.8 Å². The van der Waals surface area contributed by atoms with E-state index in [0.29, 0.717) is 13.2 Å². The molecule has 0 aliphatic rings. The molecule has 6 heteroatoms. The number of hydrogen-bond donors (Lipinski definition) is 0. The van der Waals surface area contributed by atoms with E-state index in [2.05, 4.69) is 41.3 Å². The first kappa shape index (κ1) is 32.5. The molecular weight excluding hydrogens is 438 g/mol. The summed E-state index contributed by atoms with van der Waals surface area (Å²) in [6.45, 7) is 11.7. The summed E-state index contributed by atoms with van der Waals surface area (Å²) in [4.78, 5) is 0. The summed E-state index contributed by atoms with van der Waals surface area (Å²) in [5.41, 5.74) is 0. The van der Waals surface area contributed by atoms with Gasteiger partial charge in [-0.3, -0.25) is 0 Å². The van der Waals surface area contributed by atoms with Crippen LogP contribution in [0.1, 0.15) is 131 Å². The molecule has 0 spiro atoms. The third-order valence-corrected chi connectivity index (χ3v) is 15.4. The second kappa shape index (κ2) is 18.8. The molecule has 0 aliphatic carbocycles. The summed E-state index contributed by atoms with van der Waals surface area (Å²) < 4.78 is 32.5. The Balaban J connectivity index is 5.08. The molecule has 0 bridgehead atoms. The first-order valence-electron chi connectivity index (χ1n) is 13.9. The van der Waals surface area contributed by atoms with Crippen molar-refractivity contribution in [1.82, 2.24) is 0 Å². The normalized spacial score (nSPS) is 13.9. The fraction of sp³-hybridized carbons (Fsp3) is 1.00. The summed E-state index contributed by atoms with van der Waals surface area (Å²) in [5.74, 6) is 0. The predicted octanol–water partition coefficient (Wildman–Crippen LogP) is 10.2. The average Bonchev–Trinajstić information content (AvgIpc) is 2.73. The van der Waals surface area contributed by atoms with Crippen LogP contribution in [0.25, 0.3) is 0 Å². The molecule has 4 nitrogen and oxygen atoms in total. The maximum atomic E-state index is 13.9. The van der Waals surface area contributed by atoms with Gasteiger partial charge in [0.2, 0.25) is 0 Å². The Bertz CT molecular complexity index is 443. The minimum absolute atomic E-state index is 0.469. The van der Waals surface area contributed by atoms with Gasteiger partial charge in [-0.25, -0.2) is 0 Å². The van der Waals surface area contributed by atoms with Crippen LogP contribution >= 0.6 is 14.7 Å². The van der Waals surface area contributed by atoms with Crippen molar-refractivity contribution in [2.75, 3.05) is 38.4 Å². The fourth-order valence-corrected chi connectivity index (χ4v) is 14.0. The van der Waals surface area contributed by atoms with Gasteiger partial charge in [0.25, 0.3) is 0 Å². The van der Waals surface area contributed by atoms with E-state index < -0.39 is 14.7 Å². The van der Waals surface area contributed by atoms with E-state index >= 15 is 0 Å². The summed E-state index contributed by atoms with van der Waals surface area (Å²) in [6.07, 6.45) is 20.3. The summed E-state index contributed by atoms with van der Waals surface area (Å²) in [7, 11) is -3.56. The van der Waals surface area contributed by atoms with Gasteiger partial charge in [-0.05, 0) is 0 Å². The Morgan fingerprint density at radius 1 is 0.531 bits per heavy atom. The molecular formula is C26H58O4P2. The molecule has 0 aliphatic heterocycles. The molecule has 0 rings (SSSR count). The first-order chi connectivity index (χ1) is 15.3. The van der Waals surface area contributed by atoms with Gasteiger partial charge >= 0.3 is 202 Å². The van der Waals surface area contributed by atoms with Gasteiger partial charge in [0.1, 0.15) is 0 Å². The molecule has 0 saturated heterocycles. The van der Waals surface area contributed by atoms with Gasteiger partial charge in [0, 0.05) is 0 Å². The molecule has 0 amide bonds. The van der Waals surface area contributed by atoms with Gasteiger partial charge in [0.15, 0.2) is 0 Å². The summed E-state index contributed by atoms with van der Waals surface area (Å²) in [6, 6.07) is 0. The van der Waals surface area contributed by atoms with Crippen molar-refractivity contribution >= 4 is 14.7 Å². The molecule has 32 heavy (non-hydrogen) atoms. The van der Waals surface area contributed by atoms with Crippen molar-refractivity contribution in [3.05, 3.63) is 0 Å². The zero-order valence-electron chi connectivity index (χ0n) is 22.7. The van der Waals surface area contributed by atoms with Gasteiger partial charge in [-0.15, -0.1) is 0 Å². The number of hydrogen-bond acceptors (Lipinski definition) is 4. The molecule has 0 heterocycles. The quantitative estimate of drug-likeness (QED) is 0.0984. The van der Waals surface area contributed by atoms with Crippen molar-refractivity contribution in [3.8, 4) is 0 Å². The van der Waals surface area contributed by atoms with E-state index in [1.165, 1.54) is 51.4 Å². The molecule has 0 atom stereocenters. The Morgan fingerprint density at radius 2 is 0.875 bits per heavy atom. The average molecular weight is 497 g/mol. The van der Waals surface area contributed by atoms with Crippen molar-refractivity contribution < 1.29 is 17.9 Å². The van der Waals surface area contributed by atoms with Crippen LogP contribution in [-0.4, -0.2) is 38.4 Å². The van der Waals surface area contributed by atoms with Crippen LogP contribution in [-0.2, 0) is 17.9 Å². The van der Waals surface area contributed by atoms with E-state index in [4.69, 9.17) is 13.4 Å². The minimum atomic E-state index is -3.56. The van der Waals surface area contributed by atoms with Gasteiger partial charge < -0.3 is 0 Å². The number of unbranched alkanes of at least 4 members (excludes halogenated alkanes) is 10. The Morgan fingerprint density at radius 3 is 1.22 bits per heavy atom. The van der Waals surface area contributed by atoms with E-state index in [9.17, 15) is 4.57 Å². The zero-order valence-corrected chi connectivity index (χ0v) is 24.5. The zero-order chi connectivity index (χ0) is 24.2. The summed E-state index contributed by atoms with van der Waals surface area (Å²) in [5, 5.41) is 0. The molecule has 196 valence electrons. The Kier molecular flexibility index (Phi) is 19.1. The standard InChI is InChI=1S/C26H58O4P2/c1-7-12-14-16-18-20-22-28-31(27,29-23-21-19-17-15-13-8-2)30-32(6,24-9-3,25-10-4)26-11-5/h7-26H2,1-6H3. The van der Waals surface area contributed by atoms with E-state index in [-0.39, 0.29) is 0 Å². The third kappa shape index (κ3) is 14.7. The van der Waals surface area contributed by atoms with Crippen molar-refractivity contribution in [3.63, 3.8) is 0 Å². The molecule has 0 saturated carbocycles. The van der Waals surface area contributed by atoms with Gasteiger partial charge in [0.05, 0.1) is 0 Å². The van der Waals surface area contributed by atoms with Crippen LogP contribution < -0.4 is 0 Å². The second-order valence-corrected chi connectivity index (χ2v) is 17.9. The van der Waals surface area contributed by atoms with Crippen LogP contribution in [0.5, 0.6) is 0 Å². The van der Waals surface area contributed by atoms with Crippen molar-refractivity contribution in [1.29, 1.82) is 0 Å². The predicted molar refractivity (Wildman–Crippen MR) is 146 cm³/mol. The van der Waals surface area contributed by atoms with Crippen molar-refractivity contribution in [2.45, 2.75) is 131 Å². The summed E-state index contributed by atoms with van der Waals surface area (Å²) >= 11 is 0. The molecule has 0 radical (unpaired) electrons. The van der Waals surface area contributed by atoms with Gasteiger partial charge in [-0.1, -0.05) is 0 Å². The maximum absolute atomic E-state index is 13.9. The number of rotatable bonds is 24. The molecule has 0 N–H and O–H groups in total. The molecule has 0 aromatic carbocycles. The molecule has 0 unspecified atom stereocenters. The molecule has 0 aromatic rings. The first-order valence-corrected chi connectivity index (χ1v) is 18.5. The van der Waals surface area contributed by atoms with E-state index in [1.807, 2.05) is 0 Å². The number of phosphoric acid groups is 1. The van der Waals surface area contributed by atoms with Crippen LogP contribution in [0.2, 0.25) is 0 Å². The third-order valence-electron chi connectivity index (χ3n) is 6.41. The molecule has 0 aromatic heterocycles. The fourth-order valence-electron chi connectivity index (χ4n) is 4.87. The second-order valence-electron chi connectivity index (χ2n) is 10.1.